The van der Waals surface area contributed by atoms with E-state index in [-0.39, 0.29) is 5.15 Å². The number of hydrogen-bond acceptors (Lipinski definition) is 2. The summed E-state index contributed by atoms with van der Waals surface area (Å²) in [6.45, 7) is 4.58. The predicted octanol–water partition coefficient (Wildman–Crippen LogP) is 3.32. The number of Topliss-reactive ketones (excluding diaryl/α,β-unsaturated/α-hetero) is 1. The topological polar surface area (TPSA) is 34.9 Å². The third kappa shape index (κ3) is 2.62. The number of hydrogen-bond donors (Lipinski definition) is 0. The molecule has 1 aromatic heterocycles. The fourth-order valence-corrected chi connectivity index (χ4v) is 1.49. The lowest BCUT2D eigenvalue weighted by molar-refractivity contribution is -0.141. The van der Waals surface area contributed by atoms with E-state index in [1.165, 1.54) is 27.8 Å². The van der Waals surface area contributed by atoms with Crippen molar-refractivity contribution in [3.05, 3.63) is 16.4 Å². The molecule has 0 aliphatic rings. The molecule has 0 N–H and O–H groups in total. The van der Waals surface area contributed by atoms with E-state index in [0.717, 1.165) is 4.68 Å². The Bertz CT molecular complexity index is 457. The molecule has 0 bridgehead atoms. The number of ketones is 1. The number of halogens is 4. The van der Waals surface area contributed by atoms with E-state index in [1.54, 1.807) is 0 Å². The Morgan fingerprint density at radius 2 is 1.76 bits per heavy atom. The van der Waals surface area contributed by atoms with Crippen molar-refractivity contribution >= 4 is 17.4 Å². The summed E-state index contributed by atoms with van der Waals surface area (Å²) in [4.78, 5) is 11.9. The van der Waals surface area contributed by atoms with Gasteiger partial charge in [-0.3, -0.25) is 9.48 Å². The van der Waals surface area contributed by atoms with E-state index in [4.69, 9.17) is 11.6 Å². The average Bonchev–Trinajstić information content (AvgIpc) is 2.40. The van der Waals surface area contributed by atoms with Gasteiger partial charge in [-0.05, 0) is 0 Å². The SMILES string of the molecule is Cn1nc(C(F)(F)F)c(C(=O)C(C)(C)C)c1Cl. The Morgan fingerprint density at radius 1 is 1.29 bits per heavy atom. The first-order chi connectivity index (χ1) is 7.46. The lowest BCUT2D eigenvalue weighted by Crippen LogP contribution is -2.23. The molecule has 0 aliphatic carbocycles. The molecule has 3 nitrogen and oxygen atoms in total. The second-order valence-corrected chi connectivity index (χ2v) is 5.07. The van der Waals surface area contributed by atoms with Crippen LogP contribution in [0.2, 0.25) is 5.15 Å². The van der Waals surface area contributed by atoms with Gasteiger partial charge in [0.25, 0.3) is 0 Å². The maximum Gasteiger partial charge on any atom is 0.435 e. The fraction of sp³-hybridized carbons (Fsp3) is 0.600. The van der Waals surface area contributed by atoms with Gasteiger partial charge in [0, 0.05) is 12.5 Å². The number of aromatic nitrogens is 2. The van der Waals surface area contributed by atoms with Crippen molar-refractivity contribution in [3.8, 4) is 0 Å². The number of nitrogens with zero attached hydrogens (tertiary/aromatic N) is 2. The molecular formula is C10H12ClF3N2O. The molecular weight excluding hydrogens is 257 g/mol. The van der Waals surface area contributed by atoms with Gasteiger partial charge in [0.05, 0.1) is 5.56 Å². The van der Waals surface area contributed by atoms with E-state index >= 15 is 0 Å². The van der Waals surface area contributed by atoms with E-state index in [1.807, 2.05) is 0 Å². The highest BCUT2D eigenvalue weighted by molar-refractivity contribution is 6.33. The van der Waals surface area contributed by atoms with Crippen molar-refractivity contribution in [2.24, 2.45) is 12.5 Å². The normalized spacial score (nSPS) is 12.9. The van der Waals surface area contributed by atoms with E-state index in [2.05, 4.69) is 5.10 Å². The summed E-state index contributed by atoms with van der Waals surface area (Å²) in [6.07, 6.45) is -4.69. The first kappa shape index (κ1) is 14.0. The highest BCUT2D eigenvalue weighted by Gasteiger charge is 2.42. The minimum absolute atomic E-state index is 0.294. The molecule has 7 heteroatoms. The van der Waals surface area contributed by atoms with Crippen molar-refractivity contribution in [3.63, 3.8) is 0 Å². The van der Waals surface area contributed by atoms with Crippen LogP contribution in [0, 0.1) is 5.41 Å². The second kappa shape index (κ2) is 4.01. The Labute approximate surface area is 102 Å². The molecule has 1 rings (SSSR count). The van der Waals surface area contributed by atoms with Crippen LogP contribution < -0.4 is 0 Å². The molecule has 0 saturated heterocycles. The highest BCUT2D eigenvalue weighted by atomic mass is 35.5. The van der Waals surface area contributed by atoms with Crippen LogP contribution in [0.5, 0.6) is 0 Å². The molecule has 96 valence electrons. The zero-order valence-corrected chi connectivity index (χ0v) is 10.6. The third-order valence-electron chi connectivity index (χ3n) is 2.15. The number of aryl methyl sites for hydroxylation is 1. The molecule has 0 aliphatic heterocycles. The predicted molar refractivity (Wildman–Crippen MR) is 57.0 cm³/mol. The number of rotatable bonds is 1. The Hall–Kier alpha value is -1.04. The summed E-state index contributed by atoms with van der Waals surface area (Å²) in [5.74, 6) is -0.678. The van der Waals surface area contributed by atoms with E-state index < -0.39 is 28.6 Å². The standard InChI is InChI=1S/C10H12ClF3N2O/c1-9(2,3)7(17)5-6(10(12,13)14)15-16(4)8(5)11/h1-4H3. The van der Waals surface area contributed by atoms with Gasteiger partial charge in [-0.2, -0.15) is 18.3 Å². The summed E-state index contributed by atoms with van der Waals surface area (Å²) in [6, 6.07) is 0. The smallest absolute Gasteiger partial charge is 0.293 e. The van der Waals surface area contributed by atoms with Crippen LogP contribution >= 0.6 is 11.6 Å². The van der Waals surface area contributed by atoms with Gasteiger partial charge >= 0.3 is 6.18 Å². The Balaban J connectivity index is 3.48. The van der Waals surface area contributed by atoms with Crippen LogP contribution in [-0.4, -0.2) is 15.6 Å². The van der Waals surface area contributed by atoms with Crippen LogP contribution in [-0.2, 0) is 13.2 Å². The highest BCUT2D eigenvalue weighted by Crippen LogP contribution is 2.37. The summed E-state index contributed by atoms with van der Waals surface area (Å²) in [5.41, 5.74) is -2.74. The van der Waals surface area contributed by atoms with Gasteiger partial charge in [0.15, 0.2) is 11.5 Å². The zero-order valence-electron chi connectivity index (χ0n) is 9.81. The number of alkyl halides is 3. The van der Waals surface area contributed by atoms with Crippen LogP contribution in [0.15, 0.2) is 0 Å². The van der Waals surface area contributed by atoms with Gasteiger partial charge in [-0.25, -0.2) is 0 Å². The molecule has 0 aromatic carbocycles. The first-order valence-electron chi connectivity index (χ1n) is 4.80. The van der Waals surface area contributed by atoms with Crippen LogP contribution in [0.4, 0.5) is 13.2 Å². The zero-order chi connectivity index (χ0) is 13.6. The van der Waals surface area contributed by atoms with Crippen LogP contribution in [0.1, 0.15) is 36.8 Å². The molecule has 0 amide bonds. The molecule has 0 atom stereocenters. The molecule has 0 unspecified atom stereocenters. The quantitative estimate of drug-likeness (QED) is 0.733. The van der Waals surface area contributed by atoms with Crippen molar-refractivity contribution in [2.75, 3.05) is 0 Å². The van der Waals surface area contributed by atoms with E-state index in [0.29, 0.717) is 0 Å². The van der Waals surface area contributed by atoms with Gasteiger partial charge in [-0.15, -0.1) is 0 Å². The maximum absolute atomic E-state index is 12.7. The second-order valence-electron chi connectivity index (χ2n) is 4.71. The van der Waals surface area contributed by atoms with Crippen molar-refractivity contribution < 1.29 is 18.0 Å². The molecule has 0 saturated carbocycles. The van der Waals surface area contributed by atoms with E-state index in [9.17, 15) is 18.0 Å². The van der Waals surface area contributed by atoms with Gasteiger partial charge < -0.3 is 0 Å². The summed E-state index contributed by atoms with van der Waals surface area (Å²) < 4.78 is 39.0. The minimum atomic E-state index is -4.69. The maximum atomic E-state index is 12.7. The van der Waals surface area contributed by atoms with Crippen molar-refractivity contribution in [1.29, 1.82) is 0 Å². The summed E-state index contributed by atoms with van der Waals surface area (Å²) in [7, 11) is 1.26. The van der Waals surface area contributed by atoms with Crippen LogP contribution in [0.3, 0.4) is 0 Å². The number of carbonyl (C=O) groups excluding carboxylic acids is 1. The molecule has 0 spiro atoms. The monoisotopic (exact) mass is 268 g/mol. The third-order valence-corrected chi connectivity index (χ3v) is 2.59. The largest absolute Gasteiger partial charge is 0.435 e. The fourth-order valence-electron chi connectivity index (χ4n) is 1.28. The summed E-state index contributed by atoms with van der Waals surface area (Å²) >= 11 is 5.70. The lowest BCUT2D eigenvalue weighted by Gasteiger charge is -2.17. The van der Waals surface area contributed by atoms with Gasteiger partial charge in [0.1, 0.15) is 5.15 Å². The minimum Gasteiger partial charge on any atom is -0.293 e. The first-order valence-corrected chi connectivity index (χ1v) is 5.18. The average molecular weight is 269 g/mol. The van der Waals surface area contributed by atoms with Crippen LogP contribution in [0.25, 0.3) is 0 Å². The molecule has 1 aromatic rings. The Kier molecular flexibility index (Phi) is 3.31. The lowest BCUT2D eigenvalue weighted by atomic mass is 9.86. The molecule has 17 heavy (non-hydrogen) atoms. The van der Waals surface area contributed by atoms with Gasteiger partial charge in [-0.1, -0.05) is 32.4 Å². The van der Waals surface area contributed by atoms with Crippen molar-refractivity contribution in [2.45, 2.75) is 26.9 Å². The van der Waals surface area contributed by atoms with Gasteiger partial charge in [0.2, 0.25) is 0 Å². The Morgan fingerprint density at radius 3 is 2.12 bits per heavy atom. The summed E-state index contributed by atoms with van der Waals surface area (Å²) in [5, 5.41) is 2.96. The molecule has 0 radical (unpaired) electrons. The molecule has 1 heterocycles. The van der Waals surface area contributed by atoms with Crippen molar-refractivity contribution in [1.82, 2.24) is 9.78 Å². The number of carbonyl (C=O) groups is 1. The molecule has 0 fully saturated rings.